The smallest absolute Gasteiger partial charge is 0.163 e. The van der Waals surface area contributed by atoms with Gasteiger partial charge < -0.3 is 15.6 Å². The van der Waals surface area contributed by atoms with E-state index in [1.807, 2.05) is 12.1 Å². The number of hydrogen-bond acceptors (Lipinski definition) is 5. The van der Waals surface area contributed by atoms with Crippen molar-refractivity contribution >= 4 is 16.7 Å². The number of fused-ring (bicyclic) bond motifs is 2. The zero-order chi connectivity index (χ0) is 18.1. The van der Waals surface area contributed by atoms with Gasteiger partial charge in [-0.1, -0.05) is 18.2 Å². The van der Waals surface area contributed by atoms with Crippen molar-refractivity contribution in [2.75, 3.05) is 11.9 Å². The number of aromatic nitrogens is 4. The molecule has 0 radical (unpaired) electrons. The number of rotatable bonds is 5. The Bertz CT molecular complexity index is 1090. The Kier molecular flexibility index (Phi) is 4.03. The SMILES string of the molecule is c1cncc(-c2nc3c(c(NCCc4c[nH]c5ccccc45)n2)CNC3)c1. The van der Waals surface area contributed by atoms with Crippen LogP contribution in [0.25, 0.3) is 22.3 Å². The summed E-state index contributed by atoms with van der Waals surface area (Å²) >= 11 is 0. The molecule has 4 heterocycles. The van der Waals surface area contributed by atoms with Crippen LogP contribution in [0.15, 0.2) is 55.0 Å². The number of anilines is 1. The summed E-state index contributed by atoms with van der Waals surface area (Å²) in [4.78, 5) is 17.0. The zero-order valence-corrected chi connectivity index (χ0v) is 14.9. The summed E-state index contributed by atoms with van der Waals surface area (Å²) < 4.78 is 0. The van der Waals surface area contributed by atoms with Gasteiger partial charge in [-0.3, -0.25) is 4.98 Å². The lowest BCUT2D eigenvalue weighted by Gasteiger charge is -2.11. The Hall–Kier alpha value is -3.25. The van der Waals surface area contributed by atoms with Gasteiger partial charge in [-0.25, -0.2) is 9.97 Å². The third kappa shape index (κ3) is 3.04. The first-order valence-corrected chi connectivity index (χ1v) is 9.18. The third-order valence-electron chi connectivity index (χ3n) is 4.97. The Morgan fingerprint density at radius 2 is 2.00 bits per heavy atom. The fraction of sp³-hybridized carbons (Fsp3) is 0.190. The van der Waals surface area contributed by atoms with Crippen molar-refractivity contribution in [2.45, 2.75) is 19.5 Å². The van der Waals surface area contributed by atoms with Crippen LogP contribution in [-0.4, -0.2) is 26.5 Å². The van der Waals surface area contributed by atoms with Crippen molar-refractivity contribution in [3.8, 4) is 11.4 Å². The Morgan fingerprint density at radius 1 is 1.04 bits per heavy atom. The van der Waals surface area contributed by atoms with Gasteiger partial charge in [0.1, 0.15) is 5.82 Å². The predicted molar refractivity (Wildman–Crippen MR) is 106 cm³/mol. The quantitative estimate of drug-likeness (QED) is 0.511. The number of aromatic amines is 1. The minimum atomic E-state index is 0.722. The molecule has 0 bridgehead atoms. The second-order valence-corrected chi connectivity index (χ2v) is 6.70. The van der Waals surface area contributed by atoms with Crippen LogP contribution in [0.5, 0.6) is 0 Å². The van der Waals surface area contributed by atoms with Gasteiger partial charge in [0, 0.05) is 60.3 Å². The maximum absolute atomic E-state index is 4.79. The molecule has 27 heavy (non-hydrogen) atoms. The molecule has 6 nitrogen and oxygen atoms in total. The van der Waals surface area contributed by atoms with Gasteiger partial charge in [-0.2, -0.15) is 0 Å². The van der Waals surface area contributed by atoms with E-state index in [2.05, 4.69) is 51.1 Å². The minimum Gasteiger partial charge on any atom is -0.369 e. The fourth-order valence-corrected chi connectivity index (χ4v) is 3.59. The molecule has 0 saturated heterocycles. The van der Waals surface area contributed by atoms with Gasteiger partial charge in [0.15, 0.2) is 5.82 Å². The standard InChI is InChI=1S/C21H20N6/c1-2-6-18-16(5-1)14(11-25-18)7-9-24-21-17-12-23-13-19(17)26-20(27-21)15-4-3-8-22-10-15/h1-6,8,10-11,23,25H,7,9,12-13H2,(H,24,26,27). The van der Waals surface area contributed by atoms with Crippen molar-refractivity contribution < 1.29 is 0 Å². The average Bonchev–Trinajstić information content (AvgIpc) is 3.36. The lowest BCUT2D eigenvalue weighted by Crippen LogP contribution is -2.10. The lowest BCUT2D eigenvalue weighted by molar-refractivity contribution is 0.758. The molecule has 6 heteroatoms. The number of benzene rings is 1. The Balaban J connectivity index is 1.39. The molecule has 1 aromatic carbocycles. The molecule has 0 fully saturated rings. The number of nitrogens with zero attached hydrogens (tertiary/aromatic N) is 3. The fourth-order valence-electron chi connectivity index (χ4n) is 3.59. The molecule has 3 N–H and O–H groups in total. The molecule has 0 saturated carbocycles. The molecule has 0 spiro atoms. The number of H-pyrrole nitrogens is 1. The maximum Gasteiger partial charge on any atom is 0.163 e. The first kappa shape index (κ1) is 16.0. The highest BCUT2D eigenvalue weighted by atomic mass is 15.1. The molecule has 5 rings (SSSR count). The predicted octanol–water partition coefficient (Wildman–Crippen LogP) is 3.28. The number of para-hydroxylation sites is 1. The second-order valence-electron chi connectivity index (χ2n) is 6.70. The molecule has 0 unspecified atom stereocenters. The van der Waals surface area contributed by atoms with Crippen molar-refractivity contribution in [2.24, 2.45) is 0 Å². The summed E-state index contributed by atoms with van der Waals surface area (Å²) in [6.45, 7) is 2.40. The van der Waals surface area contributed by atoms with Gasteiger partial charge in [-0.05, 0) is 30.2 Å². The largest absolute Gasteiger partial charge is 0.369 e. The van der Waals surface area contributed by atoms with Crippen LogP contribution in [0.2, 0.25) is 0 Å². The molecule has 4 aromatic rings. The molecule has 3 aromatic heterocycles. The van der Waals surface area contributed by atoms with Crippen molar-refractivity contribution in [1.82, 2.24) is 25.3 Å². The third-order valence-corrected chi connectivity index (χ3v) is 4.97. The van der Waals surface area contributed by atoms with Crippen LogP contribution in [0.4, 0.5) is 5.82 Å². The molecule has 1 aliphatic rings. The molecule has 1 aliphatic heterocycles. The molecular formula is C21H20N6. The van der Waals surface area contributed by atoms with E-state index in [0.29, 0.717) is 0 Å². The summed E-state index contributed by atoms with van der Waals surface area (Å²) in [7, 11) is 0. The number of nitrogens with one attached hydrogen (secondary N) is 3. The van der Waals surface area contributed by atoms with Crippen LogP contribution in [0, 0.1) is 0 Å². The highest BCUT2D eigenvalue weighted by Crippen LogP contribution is 2.25. The molecule has 0 amide bonds. The number of hydrogen-bond donors (Lipinski definition) is 3. The van der Waals surface area contributed by atoms with Crippen molar-refractivity contribution in [3.05, 3.63) is 71.8 Å². The van der Waals surface area contributed by atoms with Gasteiger partial charge >= 0.3 is 0 Å². The van der Waals surface area contributed by atoms with E-state index in [1.54, 1.807) is 12.4 Å². The van der Waals surface area contributed by atoms with Gasteiger partial charge in [-0.15, -0.1) is 0 Å². The normalized spacial score (nSPS) is 13.0. The summed E-state index contributed by atoms with van der Waals surface area (Å²) in [5.41, 5.74) is 5.67. The Morgan fingerprint density at radius 3 is 2.93 bits per heavy atom. The summed E-state index contributed by atoms with van der Waals surface area (Å²) in [6.07, 6.45) is 6.59. The highest BCUT2D eigenvalue weighted by molar-refractivity contribution is 5.83. The van der Waals surface area contributed by atoms with E-state index >= 15 is 0 Å². The molecule has 0 atom stereocenters. The van der Waals surface area contributed by atoms with E-state index in [-0.39, 0.29) is 0 Å². The van der Waals surface area contributed by atoms with Crippen LogP contribution in [0.1, 0.15) is 16.8 Å². The first-order valence-electron chi connectivity index (χ1n) is 9.18. The summed E-state index contributed by atoms with van der Waals surface area (Å²) in [5, 5.41) is 8.19. The van der Waals surface area contributed by atoms with E-state index < -0.39 is 0 Å². The first-order chi connectivity index (χ1) is 13.4. The Labute approximate surface area is 157 Å². The lowest BCUT2D eigenvalue weighted by atomic mass is 10.1. The van der Waals surface area contributed by atoms with E-state index in [4.69, 9.17) is 9.97 Å². The second kappa shape index (κ2) is 6.81. The summed E-state index contributed by atoms with van der Waals surface area (Å²) in [5.74, 6) is 1.64. The monoisotopic (exact) mass is 356 g/mol. The summed E-state index contributed by atoms with van der Waals surface area (Å²) in [6, 6.07) is 12.3. The topological polar surface area (TPSA) is 78.5 Å². The van der Waals surface area contributed by atoms with Crippen molar-refractivity contribution in [1.29, 1.82) is 0 Å². The van der Waals surface area contributed by atoms with Crippen LogP contribution >= 0.6 is 0 Å². The molecule has 134 valence electrons. The zero-order valence-electron chi connectivity index (χ0n) is 14.9. The van der Waals surface area contributed by atoms with E-state index in [9.17, 15) is 0 Å². The van der Waals surface area contributed by atoms with Crippen LogP contribution in [0.3, 0.4) is 0 Å². The number of pyridine rings is 1. The van der Waals surface area contributed by atoms with Crippen LogP contribution < -0.4 is 10.6 Å². The van der Waals surface area contributed by atoms with E-state index in [0.717, 1.165) is 49.0 Å². The van der Waals surface area contributed by atoms with Gasteiger partial charge in [0.05, 0.1) is 5.69 Å². The highest BCUT2D eigenvalue weighted by Gasteiger charge is 2.19. The molecule has 0 aliphatic carbocycles. The van der Waals surface area contributed by atoms with Gasteiger partial charge in [0.2, 0.25) is 0 Å². The molecular weight excluding hydrogens is 336 g/mol. The van der Waals surface area contributed by atoms with Crippen LogP contribution in [-0.2, 0) is 19.5 Å². The minimum absolute atomic E-state index is 0.722. The van der Waals surface area contributed by atoms with Crippen molar-refractivity contribution in [3.63, 3.8) is 0 Å². The van der Waals surface area contributed by atoms with E-state index in [1.165, 1.54) is 22.0 Å². The maximum atomic E-state index is 4.79. The van der Waals surface area contributed by atoms with Gasteiger partial charge in [0.25, 0.3) is 0 Å². The average molecular weight is 356 g/mol.